The number of carbonyl (C=O) groups excluding carboxylic acids is 1. The highest BCUT2D eigenvalue weighted by Crippen LogP contribution is 2.22. The zero-order chi connectivity index (χ0) is 15.5. The molecule has 2 heterocycles. The second kappa shape index (κ2) is 6.07. The molecule has 3 aromatic rings. The Morgan fingerprint density at radius 3 is 2.50 bits per heavy atom. The van der Waals surface area contributed by atoms with E-state index in [-0.39, 0.29) is 11.9 Å². The number of carbonyl (C=O) groups is 1. The van der Waals surface area contributed by atoms with E-state index >= 15 is 0 Å². The van der Waals surface area contributed by atoms with Crippen molar-refractivity contribution >= 4 is 17.2 Å². The second-order valence-corrected chi connectivity index (χ2v) is 5.80. The normalized spacial score (nSPS) is 12.1. The number of thiazole rings is 1. The average Bonchev–Trinajstić information content (AvgIpc) is 3.26. The van der Waals surface area contributed by atoms with Gasteiger partial charge >= 0.3 is 0 Å². The van der Waals surface area contributed by atoms with Crippen molar-refractivity contribution in [1.82, 2.24) is 24.6 Å². The van der Waals surface area contributed by atoms with Crippen LogP contribution < -0.4 is 0 Å². The molecule has 112 valence electrons. The highest BCUT2D eigenvalue weighted by molar-refractivity contribution is 7.09. The number of aromatic nitrogens is 4. The maximum atomic E-state index is 12.6. The van der Waals surface area contributed by atoms with Gasteiger partial charge in [0, 0.05) is 29.9 Å². The summed E-state index contributed by atoms with van der Waals surface area (Å²) in [5, 5.41) is 10.4. The molecule has 0 unspecified atom stereocenters. The van der Waals surface area contributed by atoms with Gasteiger partial charge in [-0.3, -0.25) is 9.36 Å². The van der Waals surface area contributed by atoms with Gasteiger partial charge in [0.15, 0.2) is 0 Å². The topological polar surface area (TPSA) is 63.9 Å². The Hall–Kier alpha value is -2.54. The molecule has 22 heavy (non-hydrogen) atoms. The molecule has 0 radical (unpaired) electrons. The van der Waals surface area contributed by atoms with Crippen molar-refractivity contribution in [3.63, 3.8) is 0 Å². The van der Waals surface area contributed by atoms with Crippen LogP contribution in [0, 0.1) is 0 Å². The van der Waals surface area contributed by atoms with Crippen LogP contribution in [-0.2, 0) is 0 Å². The molecule has 0 aliphatic carbocycles. The number of hydrogen-bond acceptors (Lipinski definition) is 5. The highest BCUT2D eigenvalue weighted by Gasteiger charge is 2.20. The minimum atomic E-state index is -0.0509. The van der Waals surface area contributed by atoms with E-state index in [4.69, 9.17) is 0 Å². The van der Waals surface area contributed by atoms with Gasteiger partial charge in [0.2, 0.25) is 0 Å². The van der Waals surface area contributed by atoms with Gasteiger partial charge in [-0.15, -0.1) is 21.5 Å². The third-order valence-electron chi connectivity index (χ3n) is 3.54. The summed E-state index contributed by atoms with van der Waals surface area (Å²) >= 11 is 1.55. The maximum absolute atomic E-state index is 12.6. The molecule has 6 nitrogen and oxygen atoms in total. The molecular formula is C15H15N5OS. The van der Waals surface area contributed by atoms with Crippen molar-refractivity contribution in [2.75, 3.05) is 7.05 Å². The Balaban J connectivity index is 1.77. The van der Waals surface area contributed by atoms with Gasteiger partial charge in [0.1, 0.15) is 17.7 Å². The van der Waals surface area contributed by atoms with E-state index in [1.807, 2.05) is 36.6 Å². The Morgan fingerprint density at radius 1 is 1.23 bits per heavy atom. The summed E-state index contributed by atoms with van der Waals surface area (Å²) in [6, 6.07) is 7.31. The number of benzene rings is 1. The van der Waals surface area contributed by atoms with Gasteiger partial charge in [0.25, 0.3) is 5.91 Å². The van der Waals surface area contributed by atoms with Gasteiger partial charge < -0.3 is 4.90 Å². The van der Waals surface area contributed by atoms with Crippen LogP contribution in [0.3, 0.4) is 0 Å². The first-order chi connectivity index (χ1) is 10.7. The standard InChI is InChI=1S/C15H15N5OS/c1-11(14-16-7-8-22-14)19(2)15(21)12-3-5-13(6-4-12)20-9-17-18-10-20/h3-11H,1-2H3/t11-/m0/s1. The lowest BCUT2D eigenvalue weighted by molar-refractivity contribution is 0.0742. The van der Waals surface area contributed by atoms with Gasteiger partial charge in [-0.1, -0.05) is 0 Å². The molecule has 1 aromatic carbocycles. The first-order valence-electron chi connectivity index (χ1n) is 6.78. The summed E-state index contributed by atoms with van der Waals surface area (Å²) in [7, 11) is 1.79. The Bertz CT molecular complexity index is 737. The molecule has 2 aromatic heterocycles. The van der Waals surface area contributed by atoms with E-state index in [0.29, 0.717) is 5.56 Å². The highest BCUT2D eigenvalue weighted by atomic mass is 32.1. The van der Waals surface area contributed by atoms with Gasteiger partial charge in [0.05, 0.1) is 6.04 Å². The van der Waals surface area contributed by atoms with Crippen molar-refractivity contribution in [3.8, 4) is 5.69 Å². The lowest BCUT2D eigenvalue weighted by atomic mass is 10.1. The van der Waals surface area contributed by atoms with Gasteiger partial charge in [-0.05, 0) is 31.2 Å². The Kier molecular flexibility index (Phi) is 3.97. The summed E-state index contributed by atoms with van der Waals surface area (Å²) in [5.41, 5.74) is 1.56. The number of rotatable bonds is 4. The fourth-order valence-corrected chi connectivity index (χ4v) is 2.83. The Morgan fingerprint density at radius 2 is 1.91 bits per heavy atom. The van der Waals surface area contributed by atoms with Crippen molar-refractivity contribution in [3.05, 3.63) is 59.1 Å². The summed E-state index contributed by atoms with van der Waals surface area (Å²) in [6.07, 6.45) is 4.99. The zero-order valence-corrected chi connectivity index (χ0v) is 13.1. The molecule has 7 heteroatoms. The molecule has 0 N–H and O–H groups in total. The van der Waals surface area contributed by atoms with Crippen molar-refractivity contribution in [1.29, 1.82) is 0 Å². The fraction of sp³-hybridized carbons (Fsp3) is 0.200. The summed E-state index contributed by atoms with van der Waals surface area (Å²) < 4.78 is 1.79. The smallest absolute Gasteiger partial charge is 0.254 e. The SMILES string of the molecule is C[C@@H](c1nccs1)N(C)C(=O)c1ccc(-n2cnnc2)cc1. The molecule has 0 fully saturated rings. The second-order valence-electron chi connectivity index (χ2n) is 4.88. The van der Waals surface area contributed by atoms with Crippen LogP contribution >= 0.6 is 11.3 Å². The molecule has 0 saturated heterocycles. The third kappa shape index (κ3) is 2.75. The van der Waals surface area contributed by atoms with Crippen molar-refractivity contribution in [2.45, 2.75) is 13.0 Å². The molecule has 0 spiro atoms. The lowest BCUT2D eigenvalue weighted by Gasteiger charge is -2.23. The predicted octanol–water partition coefficient (Wildman–Crippen LogP) is 2.56. The first kappa shape index (κ1) is 14.4. The quantitative estimate of drug-likeness (QED) is 0.742. The van der Waals surface area contributed by atoms with Crippen LogP contribution in [0.15, 0.2) is 48.5 Å². The minimum absolute atomic E-state index is 0.0296. The van der Waals surface area contributed by atoms with Crippen LogP contribution in [-0.4, -0.2) is 37.6 Å². The van der Waals surface area contributed by atoms with Crippen LogP contribution in [0.2, 0.25) is 0 Å². The summed E-state index contributed by atoms with van der Waals surface area (Å²) in [6.45, 7) is 1.97. The summed E-state index contributed by atoms with van der Waals surface area (Å²) in [4.78, 5) is 18.5. The minimum Gasteiger partial charge on any atom is -0.333 e. The molecule has 0 aliphatic heterocycles. The van der Waals surface area contributed by atoms with E-state index in [9.17, 15) is 4.79 Å². The maximum Gasteiger partial charge on any atom is 0.254 e. The molecule has 1 atom stereocenters. The summed E-state index contributed by atoms with van der Waals surface area (Å²) in [5.74, 6) is -0.0296. The third-order valence-corrected chi connectivity index (χ3v) is 4.49. The number of nitrogens with zero attached hydrogens (tertiary/aromatic N) is 5. The largest absolute Gasteiger partial charge is 0.333 e. The van der Waals surface area contributed by atoms with Crippen molar-refractivity contribution < 1.29 is 4.79 Å². The molecule has 0 saturated carbocycles. The first-order valence-corrected chi connectivity index (χ1v) is 7.66. The van der Waals surface area contributed by atoms with Crippen LogP contribution in [0.25, 0.3) is 5.69 Å². The molecule has 0 bridgehead atoms. The molecule has 1 amide bonds. The van der Waals surface area contributed by atoms with E-state index in [1.165, 1.54) is 0 Å². The van der Waals surface area contributed by atoms with Crippen LogP contribution in [0.4, 0.5) is 0 Å². The zero-order valence-electron chi connectivity index (χ0n) is 12.2. The molecule has 3 rings (SSSR count). The van der Waals surface area contributed by atoms with E-state index in [0.717, 1.165) is 10.7 Å². The Labute approximate surface area is 132 Å². The van der Waals surface area contributed by atoms with Crippen LogP contribution in [0.5, 0.6) is 0 Å². The van der Waals surface area contributed by atoms with Gasteiger partial charge in [-0.2, -0.15) is 0 Å². The van der Waals surface area contributed by atoms with E-state index in [2.05, 4.69) is 15.2 Å². The molecular weight excluding hydrogens is 298 g/mol. The van der Waals surface area contributed by atoms with E-state index in [1.54, 1.807) is 46.7 Å². The predicted molar refractivity (Wildman–Crippen MR) is 84.0 cm³/mol. The number of amides is 1. The lowest BCUT2D eigenvalue weighted by Crippen LogP contribution is -2.29. The van der Waals surface area contributed by atoms with Crippen molar-refractivity contribution in [2.24, 2.45) is 0 Å². The average molecular weight is 313 g/mol. The van der Waals surface area contributed by atoms with E-state index < -0.39 is 0 Å². The van der Waals surface area contributed by atoms with Crippen LogP contribution in [0.1, 0.15) is 28.3 Å². The monoisotopic (exact) mass is 313 g/mol. The van der Waals surface area contributed by atoms with Gasteiger partial charge in [-0.25, -0.2) is 4.98 Å². The molecule has 0 aliphatic rings. The fourth-order valence-electron chi connectivity index (χ4n) is 2.10. The number of hydrogen-bond donors (Lipinski definition) is 0.